The van der Waals surface area contributed by atoms with Gasteiger partial charge in [-0.05, 0) is 42.8 Å². The maximum absolute atomic E-state index is 11.8. The van der Waals surface area contributed by atoms with Gasteiger partial charge in [-0.15, -0.1) is 0 Å². The average molecular weight is 286 g/mol. The molecule has 0 fully saturated rings. The highest BCUT2D eigenvalue weighted by Crippen LogP contribution is 2.11. The number of benzene rings is 1. The van der Waals surface area contributed by atoms with E-state index in [4.69, 9.17) is 4.42 Å². The zero-order valence-corrected chi connectivity index (χ0v) is 12.4. The van der Waals surface area contributed by atoms with Crippen LogP contribution in [-0.4, -0.2) is 12.5 Å². The minimum absolute atomic E-state index is 0.00302. The Morgan fingerprint density at radius 2 is 2.00 bits per heavy atom. The van der Waals surface area contributed by atoms with Gasteiger partial charge in [-0.2, -0.15) is 0 Å². The van der Waals surface area contributed by atoms with Crippen molar-refractivity contribution in [3.8, 4) is 0 Å². The van der Waals surface area contributed by atoms with Crippen LogP contribution in [0.3, 0.4) is 0 Å². The Bertz CT molecular complexity index is 532. The van der Waals surface area contributed by atoms with Gasteiger partial charge < -0.3 is 15.1 Å². The molecular formula is C17H22N2O2. The lowest BCUT2D eigenvalue weighted by Gasteiger charge is -2.07. The summed E-state index contributed by atoms with van der Waals surface area (Å²) in [6.45, 7) is 4.03. The van der Waals surface area contributed by atoms with Crippen molar-refractivity contribution in [2.45, 2.75) is 32.7 Å². The molecule has 2 rings (SSSR count). The Morgan fingerprint density at radius 3 is 2.67 bits per heavy atom. The number of hydrogen-bond acceptors (Lipinski definition) is 3. The number of aryl methyl sites for hydroxylation is 1. The number of amides is 1. The topological polar surface area (TPSA) is 54.3 Å². The van der Waals surface area contributed by atoms with Crippen molar-refractivity contribution in [1.29, 1.82) is 0 Å². The van der Waals surface area contributed by atoms with Crippen LogP contribution in [0.1, 0.15) is 31.1 Å². The molecule has 112 valence electrons. The molecule has 0 aliphatic heterocycles. The minimum Gasteiger partial charge on any atom is -0.469 e. The first-order chi connectivity index (χ1) is 10.3. The van der Waals surface area contributed by atoms with E-state index in [1.807, 2.05) is 36.4 Å². The smallest absolute Gasteiger partial charge is 0.224 e. The third-order valence-corrected chi connectivity index (χ3v) is 3.17. The molecule has 0 bridgehead atoms. The number of rotatable bonds is 8. The van der Waals surface area contributed by atoms with E-state index in [0.717, 1.165) is 31.0 Å². The van der Waals surface area contributed by atoms with Gasteiger partial charge in [-0.1, -0.05) is 19.1 Å². The van der Waals surface area contributed by atoms with E-state index in [9.17, 15) is 4.79 Å². The maximum Gasteiger partial charge on any atom is 0.224 e. The van der Waals surface area contributed by atoms with Gasteiger partial charge in [0.25, 0.3) is 0 Å². The van der Waals surface area contributed by atoms with Gasteiger partial charge in [0, 0.05) is 25.1 Å². The van der Waals surface area contributed by atoms with Crippen molar-refractivity contribution in [2.75, 3.05) is 11.9 Å². The molecule has 0 aliphatic rings. The van der Waals surface area contributed by atoms with Gasteiger partial charge in [0.1, 0.15) is 5.76 Å². The Morgan fingerprint density at radius 1 is 1.19 bits per heavy atom. The normalized spacial score (nSPS) is 10.5. The highest BCUT2D eigenvalue weighted by atomic mass is 16.3. The fourth-order valence-corrected chi connectivity index (χ4v) is 2.03. The SMILES string of the molecule is CCCNCc1ccc(NC(=O)CCc2ccco2)cc1. The molecule has 1 heterocycles. The van der Waals surface area contributed by atoms with Gasteiger partial charge in [-0.25, -0.2) is 0 Å². The molecule has 4 nitrogen and oxygen atoms in total. The van der Waals surface area contributed by atoms with Crippen molar-refractivity contribution in [1.82, 2.24) is 5.32 Å². The molecule has 0 unspecified atom stereocenters. The summed E-state index contributed by atoms with van der Waals surface area (Å²) in [5, 5.41) is 6.25. The van der Waals surface area contributed by atoms with Gasteiger partial charge in [-0.3, -0.25) is 4.79 Å². The van der Waals surface area contributed by atoms with Crippen LogP contribution in [0.2, 0.25) is 0 Å². The molecule has 1 aromatic carbocycles. The van der Waals surface area contributed by atoms with E-state index in [1.54, 1.807) is 6.26 Å². The molecule has 2 aromatic rings. The zero-order valence-electron chi connectivity index (χ0n) is 12.4. The fourth-order valence-electron chi connectivity index (χ4n) is 2.03. The number of carbonyl (C=O) groups excluding carboxylic acids is 1. The molecule has 0 saturated heterocycles. The van der Waals surface area contributed by atoms with E-state index >= 15 is 0 Å². The van der Waals surface area contributed by atoms with E-state index < -0.39 is 0 Å². The van der Waals surface area contributed by atoms with Crippen molar-refractivity contribution in [3.63, 3.8) is 0 Å². The predicted molar refractivity (Wildman–Crippen MR) is 84.1 cm³/mol. The summed E-state index contributed by atoms with van der Waals surface area (Å²) in [4.78, 5) is 11.8. The molecule has 0 spiro atoms. The van der Waals surface area contributed by atoms with Crippen molar-refractivity contribution in [3.05, 3.63) is 54.0 Å². The third kappa shape index (κ3) is 5.44. The van der Waals surface area contributed by atoms with Crippen LogP contribution in [-0.2, 0) is 17.8 Å². The average Bonchev–Trinajstić information content (AvgIpc) is 3.01. The second-order valence-corrected chi connectivity index (χ2v) is 5.00. The Hall–Kier alpha value is -2.07. The first-order valence-electron chi connectivity index (χ1n) is 7.40. The lowest BCUT2D eigenvalue weighted by Crippen LogP contribution is -2.14. The summed E-state index contributed by atoms with van der Waals surface area (Å²) < 4.78 is 5.21. The molecule has 1 amide bonds. The third-order valence-electron chi connectivity index (χ3n) is 3.17. The molecule has 0 atom stereocenters. The van der Waals surface area contributed by atoms with Crippen molar-refractivity contribution >= 4 is 11.6 Å². The van der Waals surface area contributed by atoms with E-state index in [0.29, 0.717) is 12.8 Å². The Labute approximate surface area is 125 Å². The summed E-state index contributed by atoms with van der Waals surface area (Å²) in [7, 11) is 0. The van der Waals surface area contributed by atoms with Crippen molar-refractivity contribution < 1.29 is 9.21 Å². The highest BCUT2D eigenvalue weighted by molar-refractivity contribution is 5.90. The molecule has 1 aromatic heterocycles. The monoisotopic (exact) mass is 286 g/mol. The number of hydrogen-bond donors (Lipinski definition) is 2. The predicted octanol–water partition coefficient (Wildman–Crippen LogP) is 3.35. The highest BCUT2D eigenvalue weighted by Gasteiger charge is 2.04. The molecular weight excluding hydrogens is 264 g/mol. The van der Waals surface area contributed by atoms with Crippen molar-refractivity contribution in [2.24, 2.45) is 0 Å². The number of nitrogens with one attached hydrogen (secondary N) is 2. The van der Waals surface area contributed by atoms with Gasteiger partial charge in [0.2, 0.25) is 5.91 Å². The van der Waals surface area contributed by atoms with Gasteiger partial charge in [0.05, 0.1) is 6.26 Å². The van der Waals surface area contributed by atoms with Crippen LogP contribution in [0, 0.1) is 0 Å². The molecule has 0 radical (unpaired) electrons. The first-order valence-corrected chi connectivity index (χ1v) is 7.40. The van der Waals surface area contributed by atoms with E-state index in [-0.39, 0.29) is 5.91 Å². The van der Waals surface area contributed by atoms with Crippen LogP contribution in [0.5, 0.6) is 0 Å². The standard InChI is InChI=1S/C17H22N2O2/c1-2-11-18-13-14-5-7-15(8-6-14)19-17(20)10-9-16-4-3-12-21-16/h3-8,12,18H,2,9-11,13H2,1H3,(H,19,20). The molecule has 4 heteroatoms. The summed E-state index contributed by atoms with van der Waals surface area (Å²) >= 11 is 0. The van der Waals surface area contributed by atoms with Crippen LogP contribution in [0.25, 0.3) is 0 Å². The van der Waals surface area contributed by atoms with E-state index in [2.05, 4.69) is 17.6 Å². The van der Waals surface area contributed by atoms with Crippen LogP contribution >= 0.6 is 0 Å². The van der Waals surface area contributed by atoms with Crippen LogP contribution < -0.4 is 10.6 Å². The second kappa shape index (κ2) is 8.27. The largest absolute Gasteiger partial charge is 0.469 e. The minimum atomic E-state index is 0.00302. The molecule has 21 heavy (non-hydrogen) atoms. The Kier molecular flexibility index (Phi) is 6.03. The summed E-state index contributed by atoms with van der Waals surface area (Å²) in [6, 6.07) is 11.7. The van der Waals surface area contributed by atoms with Gasteiger partial charge in [0.15, 0.2) is 0 Å². The first kappa shape index (κ1) is 15.3. The van der Waals surface area contributed by atoms with Crippen LogP contribution in [0.4, 0.5) is 5.69 Å². The van der Waals surface area contributed by atoms with Crippen LogP contribution in [0.15, 0.2) is 47.1 Å². The Balaban J connectivity index is 1.75. The summed E-state index contributed by atoms with van der Waals surface area (Å²) in [5.41, 5.74) is 2.05. The van der Waals surface area contributed by atoms with Gasteiger partial charge >= 0.3 is 0 Å². The van der Waals surface area contributed by atoms with E-state index in [1.165, 1.54) is 5.56 Å². The zero-order chi connectivity index (χ0) is 14.9. The summed E-state index contributed by atoms with van der Waals surface area (Å²) in [6.07, 6.45) is 3.80. The number of carbonyl (C=O) groups is 1. The maximum atomic E-state index is 11.8. The fraction of sp³-hybridized carbons (Fsp3) is 0.353. The number of furan rings is 1. The molecule has 0 aliphatic carbocycles. The molecule has 2 N–H and O–H groups in total. The quantitative estimate of drug-likeness (QED) is 0.732. The lowest BCUT2D eigenvalue weighted by molar-refractivity contribution is -0.116. The summed E-state index contributed by atoms with van der Waals surface area (Å²) in [5.74, 6) is 0.839. The second-order valence-electron chi connectivity index (χ2n) is 5.00. The molecule has 0 saturated carbocycles. The number of anilines is 1. The lowest BCUT2D eigenvalue weighted by atomic mass is 10.2.